The molecule has 3 rings (SSSR count). The molecule has 3 aromatic rings. The Kier molecular flexibility index (Phi) is 4.26. The molecule has 0 aliphatic carbocycles. The van der Waals surface area contributed by atoms with E-state index in [0.717, 1.165) is 22.2 Å². The van der Waals surface area contributed by atoms with Gasteiger partial charge in [-0.2, -0.15) is 5.48 Å². The van der Waals surface area contributed by atoms with Gasteiger partial charge in [-0.25, -0.2) is 4.79 Å². The molecule has 2 aromatic carbocycles. The molecule has 0 bridgehead atoms. The smallest absolute Gasteiger partial charge is 0.350 e. The first-order valence-electron chi connectivity index (χ1n) is 7.39. The van der Waals surface area contributed by atoms with E-state index in [1.807, 2.05) is 49.6 Å². The van der Waals surface area contributed by atoms with E-state index in [2.05, 4.69) is 28.2 Å². The van der Waals surface area contributed by atoms with E-state index < -0.39 is 5.97 Å². The zero-order valence-electron chi connectivity index (χ0n) is 13.1. The number of carbonyl (C=O) groups excluding carboxylic acids is 1. The highest BCUT2D eigenvalue weighted by molar-refractivity contribution is 5.97. The molecule has 0 saturated heterocycles. The van der Waals surface area contributed by atoms with Crippen LogP contribution in [0.15, 0.2) is 66.9 Å². The first-order chi connectivity index (χ1) is 11.2. The minimum atomic E-state index is -0.432. The van der Waals surface area contributed by atoms with Crippen molar-refractivity contribution in [3.05, 3.63) is 78.0 Å². The van der Waals surface area contributed by atoms with Crippen molar-refractivity contribution in [3.63, 3.8) is 0 Å². The Morgan fingerprint density at radius 3 is 2.61 bits per heavy atom. The van der Waals surface area contributed by atoms with Crippen LogP contribution in [0.4, 0.5) is 0 Å². The largest absolute Gasteiger partial charge is 0.367 e. The normalized spacial score (nSPS) is 11.7. The van der Waals surface area contributed by atoms with Gasteiger partial charge in [-0.3, -0.25) is 0 Å². The van der Waals surface area contributed by atoms with E-state index in [0.29, 0.717) is 0 Å². The lowest BCUT2D eigenvalue weighted by Gasteiger charge is -2.09. The predicted molar refractivity (Wildman–Crippen MR) is 91.6 cm³/mol. The van der Waals surface area contributed by atoms with Gasteiger partial charge in [-0.1, -0.05) is 42.5 Å². The van der Waals surface area contributed by atoms with Gasteiger partial charge in [0, 0.05) is 31.9 Å². The number of hydroxylamine groups is 1. The number of carbonyl (C=O) groups is 1. The molecule has 4 heteroatoms. The van der Waals surface area contributed by atoms with Crippen molar-refractivity contribution in [2.75, 3.05) is 7.05 Å². The lowest BCUT2D eigenvalue weighted by Crippen LogP contribution is -2.13. The Morgan fingerprint density at radius 2 is 1.87 bits per heavy atom. The van der Waals surface area contributed by atoms with Gasteiger partial charge < -0.3 is 9.40 Å². The molecular weight excluding hydrogens is 288 g/mol. The Balaban J connectivity index is 2.13. The summed E-state index contributed by atoms with van der Waals surface area (Å²) in [6.07, 6.45) is 3.53. The van der Waals surface area contributed by atoms with Gasteiger partial charge in [0.2, 0.25) is 0 Å². The summed E-state index contributed by atoms with van der Waals surface area (Å²) in [7, 11) is 3.57. The maximum atomic E-state index is 11.9. The predicted octanol–water partition coefficient (Wildman–Crippen LogP) is 3.29. The fourth-order valence-corrected chi connectivity index (χ4v) is 2.63. The molecule has 0 spiro atoms. The van der Waals surface area contributed by atoms with Crippen molar-refractivity contribution in [3.8, 4) is 0 Å². The van der Waals surface area contributed by atoms with Crippen LogP contribution in [-0.4, -0.2) is 17.6 Å². The van der Waals surface area contributed by atoms with Crippen molar-refractivity contribution < 1.29 is 9.63 Å². The highest BCUT2D eigenvalue weighted by atomic mass is 16.7. The third kappa shape index (κ3) is 3.17. The van der Waals surface area contributed by atoms with E-state index >= 15 is 0 Å². The lowest BCUT2D eigenvalue weighted by molar-refractivity contribution is -0.143. The third-order valence-electron chi connectivity index (χ3n) is 3.75. The average molecular weight is 306 g/mol. The van der Waals surface area contributed by atoms with E-state index in [4.69, 9.17) is 4.84 Å². The number of fused-ring (bicyclic) bond motifs is 1. The van der Waals surface area contributed by atoms with E-state index in [9.17, 15) is 4.79 Å². The van der Waals surface area contributed by atoms with Crippen LogP contribution in [0.1, 0.15) is 11.1 Å². The first kappa shape index (κ1) is 15.1. The van der Waals surface area contributed by atoms with Crippen molar-refractivity contribution in [1.82, 2.24) is 10.0 Å². The van der Waals surface area contributed by atoms with Gasteiger partial charge in [-0.15, -0.1) is 0 Å². The second kappa shape index (κ2) is 6.50. The molecule has 1 heterocycles. The second-order valence-electron chi connectivity index (χ2n) is 5.25. The Morgan fingerprint density at radius 1 is 1.09 bits per heavy atom. The molecular formula is C19H18N2O2. The molecule has 1 N–H and O–H groups in total. The number of aromatic nitrogens is 1. The third-order valence-corrected chi connectivity index (χ3v) is 3.75. The molecule has 1 aromatic heterocycles. The maximum Gasteiger partial charge on any atom is 0.350 e. The van der Waals surface area contributed by atoms with Gasteiger partial charge in [0.15, 0.2) is 0 Å². The molecule has 0 atom stereocenters. The first-order valence-corrected chi connectivity index (χ1v) is 7.39. The molecule has 0 saturated carbocycles. The van der Waals surface area contributed by atoms with Crippen molar-refractivity contribution >= 4 is 22.4 Å². The number of benzene rings is 2. The van der Waals surface area contributed by atoms with Gasteiger partial charge in [0.1, 0.15) is 0 Å². The second-order valence-corrected chi connectivity index (χ2v) is 5.25. The summed E-state index contributed by atoms with van der Waals surface area (Å²) < 4.78 is 2.06. The minimum absolute atomic E-state index is 0.432. The molecule has 0 amide bonds. The molecule has 116 valence electrons. The van der Waals surface area contributed by atoms with Crippen molar-refractivity contribution in [2.45, 2.75) is 0 Å². The van der Waals surface area contributed by atoms with Crippen LogP contribution in [0, 0.1) is 0 Å². The summed E-state index contributed by atoms with van der Waals surface area (Å²) in [6, 6.07) is 18.1. The van der Waals surface area contributed by atoms with Crippen molar-refractivity contribution in [2.24, 2.45) is 7.05 Å². The molecule has 0 aliphatic rings. The Bertz CT molecular complexity index is 863. The van der Waals surface area contributed by atoms with E-state index in [1.54, 1.807) is 7.05 Å². The average Bonchev–Trinajstić information content (AvgIpc) is 2.94. The van der Waals surface area contributed by atoms with Crippen LogP contribution in [0.3, 0.4) is 0 Å². The maximum absolute atomic E-state index is 11.9. The fraction of sp³-hybridized carbons (Fsp3) is 0.105. The molecule has 4 nitrogen and oxygen atoms in total. The minimum Gasteiger partial charge on any atom is -0.367 e. The van der Waals surface area contributed by atoms with Crippen LogP contribution >= 0.6 is 0 Å². The molecule has 0 unspecified atom stereocenters. The summed E-state index contributed by atoms with van der Waals surface area (Å²) in [5.74, 6) is -0.432. The SMILES string of the molecule is CNOC(=O)/C=C(\c1ccccc1)c1ccc2ccn(C)c2c1. The lowest BCUT2D eigenvalue weighted by atomic mass is 9.97. The Labute approximate surface area is 135 Å². The highest BCUT2D eigenvalue weighted by Crippen LogP contribution is 2.27. The number of aryl methyl sites for hydroxylation is 1. The van der Waals surface area contributed by atoms with Crippen LogP contribution in [0.2, 0.25) is 0 Å². The zero-order valence-corrected chi connectivity index (χ0v) is 13.1. The summed E-state index contributed by atoms with van der Waals surface area (Å²) in [6.45, 7) is 0. The monoisotopic (exact) mass is 306 g/mol. The molecule has 23 heavy (non-hydrogen) atoms. The summed E-state index contributed by atoms with van der Waals surface area (Å²) >= 11 is 0. The van der Waals surface area contributed by atoms with Crippen LogP contribution in [-0.2, 0) is 16.7 Å². The topological polar surface area (TPSA) is 43.3 Å². The van der Waals surface area contributed by atoms with E-state index in [1.165, 1.54) is 11.5 Å². The summed E-state index contributed by atoms with van der Waals surface area (Å²) in [5, 5.41) is 1.17. The number of nitrogens with one attached hydrogen (secondary N) is 1. The van der Waals surface area contributed by atoms with Gasteiger partial charge in [0.25, 0.3) is 0 Å². The van der Waals surface area contributed by atoms with Crippen LogP contribution in [0.5, 0.6) is 0 Å². The Hall–Kier alpha value is -2.85. The van der Waals surface area contributed by atoms with Crippen LogP contribution in [0.25, 0.3) is 16.5 Å². The molecule has 0 fully saturated rings. The fourth-order valence-electron chi connectivity index (χ4n) is 2.63. The van der Waals surface area contributed by atoms with E-state index in [-0.39, 0.29) is 0 Å². The molecule has 0 radical (unpaired) electrons. The standard InChI is InChI=1S/C19H18N2O2/c1-20-23-19(22)13-17(14-6-4-3-5-7-14)16-9-8-15-10-11-21(2)18(15)12-16/h3-13,20H,1-2H3/b17-13+. The number of hydrogen-bond acceptors (Lipinski definition) is 3. The van der Waals surface area contributed by atoms with Crippen LogP contribution < -0.4 is 5.48 Å². The molecule has 0 aliphatic heterocycles. The van der Waals surface area contributed by atoms with Gasteiger partial charge in [0.05, 0.1) is 0 Å². The summed E-state index contributed by atoms with van der Waals surface area (Å²) in [4.78, 5) is 16.8. The number of hydrogen-bond donors (Lipinski definition) is 1. The highest BCUT2D eigenvalue weighted by Gasteiger charge is 2.10. The quantitative estimate of drug-likeness (QED) is 0.594. The number of rotatable bonds is 4. The van der Waals surface area contributed by atoms with Crippen molar-refractivity contribution in [1.29, 1.82) is 0 Å². The number of nitrogens with zero attached hydrogens (tertiary/aromatic N) is 1. The van der Waals surface area contributed by atoms with Gasteiger partial charge >= 0.3 is 5.97 Å². The summed E-state index contributed by atoms with van der Waals surface area (Å²) in [5.41, 5.74) is 6.29. The zero-order chi connectivity index (χ0) is 16.2. The van der Waals surface area contributed by atoms with Gasteiger partial charge in [-0.05, 0) is 34.2 Å².